The van der Waals surface area contributed by atoms with E-state index in [-0.39, 0.29) is 0 Å². The smallest absolute Gasteiger partial charge is 0.107 e. The zero-order chi connectivity index (χ0) is 12.3. The predicted molar refractivity (Wildman–Crippen MR) is 75.0 cm³/mol. The molecule has 0 aliphatic heterocycles. The van der Waals surface area contributed by atoms with Gasteiger partial charge in [-0.3, -0.25) is 0 Å². The highest BCUT2D eigenvalue weighted by atomic mass is 35.5. The van der Waals surface area contributed by atoms with Gasteiger partial charge in [0.05, 0.1) is 15.7 Å². The molecule has 1 aromatic heterocycles. The summed E-state index contributed by atoms with van der Waals surface area (Å²) in [5, 5.41) is 7.49. The highest BCUT2D eigenvalue weighted by Gasteiger charge is 2.06. The molecule has 0 saturated heterocycles. The maximum Gasteiger partial charge on any atom is 0.107 e. The van der Waals surface area contributed by atoms with Gasteiger partial charge in [0, 0.05) is 17.5 Å². The fourth-order valence-electron chi connectivity index (χ4n) is 1.41. The van der Waals surface area contributed by atoms with Crippen LogP contribution >= 0.6 is 34.5 Å². The third kappa shape index (κ3) is 3.19. The van der Waals surface area contributed by atoms with Crippen LogP contribution in [0.15, 0.2) is 23.6 Å². The van der Waals surface area contributed by atoms with Gasteiger partial charge in [-0.2, -0.15) is 0 Å². The van der Waals surface area contributed by atoms with Gasteiger partial charge >= 0.3 is 0 Å². The van der Waals surface area contributed by atoms with Crippen molar-refractivity contribution in [3.63, 3.8) is 0 Å². The summed E-state index contributed by atoms with van der Waals surface area (Å²) >= 11 is 13.5. The van der Waals surface area contributed by atoms with E-state index in [0.29, 0.717) is 10.0 Å². The van der Waals surface area contributed by atoms with E-state index >= 15 is 0 Å². The van der Waals surface area contributed by atoms with Gasteiger partial charge in [-0.1, -0.05) is 36.2 Å². The van der Waals surface area contributed by atoms with Crippen LogP contribution in [0.4, 0.5) is 0 Å². The molecule has 0 amide bonds. The third-order valence-corrected chi connectivity index (χ3v) is 3.88. The summed E-state index contributed by atoms with van der Waals surface area (Å²) in [6.07, 6.45) is 0. The molecular formula is C12H12Cl2N2S. The first kappa shape index (κ1) is 12.8. The van der Waals surface area contributed by atoms with Crippen molar-refractivity contribution in [1.29, 1.82) is 0 Å². The summed E-state index contributed by atoms with van der Waals surface area (Å²) in [7, 11) is 0. The van der Waals surface area contributed by atoms with Crippen molar-refractivity contribution in [2.75, 3.05) is 6.54 Å². The number of rotatable bonds is 4. The number of benzene rings is 1. The third-order valence-electron chi connectivity index (χ3n) is 2.29. The van der Waals surface area contributed by atoms with Crippen molar-refractivity contribution in [2.45, 2.75) is 13.5 Å². The van der Waals surface area contributed by atoms with Crippen LogP contribution in [0, 0.1) is 0 Å². The maximum absolute atomic E-state index is 5.99. The Labute approximate surface area is 115 Å². The fourth-order valence-corrected chi connectivity index (χ4v) is 2.48. The van der Waals surface area contributed by atoms with E-state index in [0.717, 1.165) is 29.4 Å². The zero-order valence-corrected chi connectivity index (χ0v) is 11.7. The van der Waals surface area contributed by atoms with Crippen LogP contribution < -0.4 is 5.32 Å². The number of aromatic nitrogens is 1. The number of hydrogen-bond acceptors (Lipinski definition) is 3. The summed E-state index contributed by atoms with van der Waals surface area (Å²) in [5.41, 5.74) is 1.94. The molecule has 5 heteroatoms. The molecule has 1 heterocycles. The Morgan fingerprint density at radius 1 is 1.29 bits per heavy atom. The predicted octanol–water partition coefficient (Wildman–Crippen LogP) is 4.23. The molecule has 2 rings (SSSR count). The lowest BCUT2D eigenvalue weighted by Crippen LogP contribution is -2.11. The Morgan fingerprint density at radius 2 is 2.12 bits per heavy atom. The lowest BCUT2D eigenvalue weighted by Gasteiger charge is -1.99. The molecule has 1 N–H and O–H groups in total. The largest absolute Gasteiger partial charge is 0.311 e. The first-order valence-corrected chi connectivity index (χ1v) is 6.95. The molecule has 0 fully saturated rings. The van der Waals surface area contributed by atoms with Crippen LogP contribution in [0.25, 0.3) is 11.3 Å². The van der Waals surface area contributed by atoms with Crippen molar-refractivity contribution in [1.82, 2.24) is 10.3 Å². The molecular weight excluding hydrogens is 275 g/mol. The average molecular weight is 287 g/mol. The summed E-state index contributed by atoms with van der Waals surface area (Å²) in [6.45, 7) is 3.83. The van der Waals surface area contributed by atoms with Crippen molar-refractivity contribution >= 4 is 34.5 Å². The number of halogens is 2. The Morgan fingerprint density at radius 3 is 2.82 bits per heavy atom. The fraction of sp³-hybridized carbons (Fsp3) is 0.250. The highest BCUT2D eigenvalue weighted by Crippen LogP contribution is 2.29. The van der Waals surface area contributed by atoms with Gasteiger partial charge in [0.15, 0.2) is 0 Å². The molecule has 0 unspecified atom stereocenters. The van der Waals surface area contributed by atoms with Crippen LogP contribution in [0.3, 0.4) is 0 Å². The van der Waals surface area contributed by atoms with Crippen molar-refractivity contribution in [2.24, 2.45) is 0 Å². The van der Waals surface area contributed by atoms with Gasteiger partial charge in [0.1, 0.15) is 5.01 Å². The summed E-state index contributed by atoms with van der Waals surface area (Å²) in [4.78, 5) is 4.54. The van der Waals surface area contributed by atoms with E-state index in [1.54, 1.807) is 17.4 Å². The Balaban J connectivity index is 2.21. The van der Waals surface area contributed by atoms with Gasteiger partial charge in [0.2, 0.25) is 0 Å². The Hall–Kier alpha value is -0.610. The van der Waals surface area contributed by atoms with Gasteiger partial charge in [-0.15, -0.1) is 11.3 Å². The number of nitrogens with one attached hydrogen (secondary N) is 1. The van der Waals surface area contributed by atoms with Crippen molar-refractivity contribution < 1.29 is 0 Å². The van der Waals surface area contributed by atoms with E-state index in [2.05, 4.69) is 17.2 Å². The van der Waals surface area contributed by atoms with E-state index in [1.807, 2.05) is 17.5 Å². The van der Waals surface area contributed by atoms with E-state index in [1.165, 1.54) is 0 Å². The molecule has 0 aliphatic carbocycles. The Kier molecular flexibility index (Phi) is 4.40. The lowest BCUT2D eigenvalue weighted by atomic mass is 10.2. The second-order valence-corrected chi connectivity index (χ2v) is 5.29. The van der Waals surface area contributed by atoms with E-state index in [4.69, 9.17) is 23.2 Å². The number of hydrogen-bond donors (Lipinski definition) is 1. The normalized spacial score (nSPS) is 10.8. The van der Waals surface area contributed by atoms with Crippen LogP contribution in [0.2, 0.25) is 10.0 Å². The molecule has 0 aliphatic rings. The number of nitrogens with zero attached hydrogens (tertiary/aromatic N) is 1. The van der Waals surface area contributed by atoms with E-state index < -0.39 is 0 Å². The molecule has 0 saturated carbocycles. The molecule has 2 nitrogen and oxygen atoms in total. The average Bonchev–Trinajstić information content (AvgIpc) is 2.79. The van der Waals surface area contributed by atoms with Crippen LogP contribution in [-0.2, 0) is 6.54 Å². The van der Waals surface area contributed by atoms with Gasteiger partial charge in [0.25, 0.3) is 0 Å². The first-order chi connectivity index (χ1) is 8.20. The standard InChI is InChI=1S/C12H12Cl2N2S/c1-2-15-6-12-16-11(7-17-12)8-3-4-9(13)10(14)5-8/h3-5,7,15H,2,6H2,1H3. The Bertz CT molecular complexity index is 511. The molecule has 17 heavy (non-hydrogen) atoms. The molecule has 0 atom stereocenters. The zero-order valence-electron chi connectivity index (χ0n) is 9.34. The minimum Gasteiger partial charge on any atom is -0.311 e. The van der Waals surface area contributed by atoms with Gasteiger partial charge in [-0.05, 0) is 18.7 Å². The molecule has 90 valence electrons. The van der Waals surface area contributed by atoms with Crippen molar-refractivity contribution in [3.05, 3.63) is 38.6 Å². The topological polar surface area (TPSA) is 24.9 Å². The quantitative estimate of drug-likeness (QED) is 0.910. The number of thiazole rings is 1. The van der Waals surface area contributed by atoms with Gasteiger partial charge < -0.3 is 5.32 Å². The SMILES string of the molecule is CCNCc1nc(-c2ccc(Cl)c(Cl)c2)cs1. The molecule has 0 bridgehead atoms. The van der Waals surface area contributed by atoms with Crippen LogP contribution in [0.1, 0.15) is 11.9 Å². The first-order valence-electron chi connectivity index (χ1n) is 5.31. The van der Waals surface area contributed by atoms with Crippen molar-refractivity contribution in [3.8, 4) is 11.3 Å². The van der Waals surface area contributed by atoms with Crippen LogP contribution in [0.5, 0.6) is 0 Å². The van der Waals surface area contributed by atoms with Crippen LogP contribution in [-0.4, -0.2) is 11.5 Å². The van der Waals surface area contributed by atoms with E-state index in [9.17, 15) is 0 Å². The minimum absolute atomic E-state index is 0.561. The molecule has 2 aromatic rings. The second kappa shape index (κ2) is 5.83. The monoisotopic (exact) mass is 286 g/mol. The summed E-state index contributed by atoms with van der Waals surface area (Å²) < 4.78 is 0. The van der Waals surface area contributed by atoms with Gasteiger partial charge in [-0.25, -0.2) is 4.98 Å². The second-order valence-electron chi connectivity index (χ2n) is 3.54. The molecule has 0 spiro atoms. The molecule has 1 aromatic carbocycles. The maximum atomic E-state index is 5.99. The summed E-state index contributed by atoms with van der Waals surface area (Å²) in [5.74, 6) is 0. The highest BCUT2D eigenvalue weighted by molar-refractivity contribution is 7.09. The lowest BCUT2D eigenvalue weighted by molar-refractivity contribution is 0.723. The molecule has 0 radical (unpaired) electrons. The minimum atomic E-state index is 0.561. The summed E-state index contributed by atoms with van der Waals surface area (Å²) in [6, 6.07) is 5.57.